The number of hydrogen-bond donors (Lipinski definition) is 0. The standard InChI is InChI=1S/C10H12F6O6S2.C7H12N2.C2H6/c11-9(12,13)23(17,18)21-4-8(2-6-1-7(6)3-8)5-22-24(19,20)10(14,15)16;1-6(2)9-5-4-7(3)8-9;1-2/h6-7H,1-5H2;4-6H,1-3H3;1-2H3. The van der Waals surface area contributed by atoms with Crippen LogP contribution in [0.15, 0.2) is 12.3 Å². The van der Waals surface area contributed by atoms with Gasteiger partial charge >= 0.3 is 31.3 Å². The molecule has 35 heavy (non-hydrogen) atoms. The molecule has 2 saturated carbocycles. The quantitative estimate of drug-likeness (QED) is 0.265. The normalized spacial score (nSPS) is 21.5. The van der Waals surface area contributed by atoms with E-state index in [-0.39, 0.29) is 24.7 Å². The Morgan fingerprint density at radius 2 is 1.37 bits per heavy atom. The minimum atomic E-state index is -5.94. The average molecular weight is 561 g/mol. The van der Waals surface area contributed by atoms with Crippen molar-refractivity contribution in [3.8, 4) is 0 Å². The van der Waals surface area contributed by atoms with Gasteiger partial charge in [-0.2, -0.15) is 48.3 Å². The molecule has 16 heteroatoms. The molecule has 2 aliphatic carbocycles. The molecule has 3 rings (SSSR count). The van der Waals surface area contributed by atoms with E-state index in [9.17, 15) is 43.2 Å². The summed E-state index contributed by atoms with van der Waals surface area (Å²) in [5.74, 6) is -0.0289. The molecule has 1 aromatic rings. The molecule has 206 valence electrons. The Bertz CT molecular complexity index is 975. The summed E-state index contributed by atoms with van der Waals surface area (Å²) in [5.41, 5.74) is -11.8. The molecule has 0 spiro atoms. The fourth-order valence-corrected chi connectivity index (χ4v) is 4.62. The molecule has 2 unspecified atom stereocenters. The molecular weight excluding hydrogens is 530 g/mol. The van der Waals surface area contributed by atoms with Gasteiger partial charge in [-0.05, 0) is 57.9 Å². The zero-order valence-corrected chi connectivity index (χ0v) is 21.5. The van der Waals surface area contributed by atoms with Crippen molar-refractivity contribution in [3.63, 3.8) is 0 Å². The largest absolute Gasteiger partial charge is 0.523 e. The lowest BCUT2D eigenvalue weighted by Gasteiger charge is -2.29. The lowest BCUT2D eigenvalue weighted by molar-refractivity contribution is -0.0622. The highest BCUT2D eigenvalue weighted by molar-refractivity contribution is 7.87. The van der Waals surface area contributed by atoms with E-state index in [0.29, 0.717) is 12.5 Å². The van der Waals surface area contributed by atoms with E-state index in [1.807, 2.05) is 37.7 Å². The van der Waals surface area contributed by atoms with Gasteiger partial charge in [0.05, 0.1) is 18.9 Å². The predicted molar refractivity (Wildman–Crippen MR) is 114 cm³/mol. The third-order valence-corrected chi connectivity index (χ3v) is 7.33. The van der Waals surface area contributed by atoms with Gasteiger partial charge in [0.1, 0.15) is 0 Å². The molecule has 1 aromatic heterocycles. The molecule has 0 bridgehead atoms. The van der Waals surface area contributed by atoms with Gasteiger partial charge in [0.15, 0.2) is 0 Å². The third-order valence-electron chi connectivity index (χ3n) is 5.34. The Morgan fingerprint density at radius 1 is 0.971 bits per heavy atom. The lowest BCUT2D eigenvalue weighted by atomic mass is 9.85. The van der Waals surface area contributed by atoms with Crippen molar-refractivity contribution in [3.05, 3.63) is 18.0 Å². The molecular formula is C19H30F6N2O6S2. The van der Waals surface area contributed by atoms with Crippen LogP contribution in [0.3, 0.4) is 0 Å². The van der Waals surface area contributed by atoms with Gasteiger partial charge in [-0.25, -0.2) is 0 Å². The van der Waals surface area contributed by atoms with Crippen LogP contribution in [0.2, 0.25) is 0 Å². The second kappa shape index (κ2) is 11.3. The molecule has 2 aliphatic rings. The molecule has 2 fully saturated rings. The van der Waals surface area contributed by atoms with E-state index in [1.165, 1.54) is 0 Å². The Hall–Kier alpha value is -1.39. The smallest absolute Gasteiger partial charge is 0.270 e. The van der Waals surface area contributed by atoms with Crippen LogP contribution in [0.25, 0.3) is 0 Å². The number of alkyl halides is 6. The lowest BCUT2D eigenvalue weighted by Crippen LogP contribution is -2.37. The van der Waals surface area contributed by atoms with Gasteiger partial charge in [0.2, 0.25) is 0 Å². The van der Waals surface area contributed by atoms with Gasteiger partial charge in [0.25, 0.3) is 0 Å². The zero-order valence-electron chi connectivity index (χ0n) is 19.9. The maximum atomic E-state index is 12.3. The van der Waals surface area contributed by atoms with Crippen molar-refractivity contribution >= 4 is 20.2 Å². The minimum absolute atomic E-state index is 0.0145. The number of halogens is 6. The van der Waals surface area contributed by atoms with Crippen LogP contribution in [-0.4, -0.2) is 50.8 Å². The topological polar surface area (TPSA) is 105 Å². The van der Waals surface area contributed by atoms with Crippen LogP contribution >= 0.6 is 0 Å². The molecule has 0 aromatic carbocycles. The van der Waals surface area contributed by atoms with Gasteiger partial charge in [-0.3, -0.25) is 13.0 Å². The van der Waals surface area contributed by atoms with Crippen LogP contribution < -0.4 is 0 Å². The summed E-state index contributed by atoms with van der Waals surface area (Å²) in [5, 5.41) is 4.23. The van der Waals surface area contributed by atoms with Crippen molar-refractivity contribution in [1.29, 1.82) is 0 Å². The second-order valence-corrected chi connectivity index (χ2v) is 11.7. The van der Waals surface area contributed by atoms with Crippen molar-refractivity contribution in [1.82, 2.24) is 9.78 Å². The van der Waals surface area contributed by atoms with Crippen molar-refractivity contribution in [2.75, 3.05) is 13.2 Å². The number of fused-ring (bicyclic) bond motifs is 1. The highest BCUT2D eigenvalue weighted by atomic mass is 32.2. The second-order valence-electron chi connectivity index (χ2n) is 8.52. The molecule has 0 radical (unpaired) electrons. The summed E-state index contributed by atoms with van der Waals surface area (Å²) in [6.45, 7) is 8.03. The first-order valence-electron chi connectivity index (χ1n) is 10.7. The van der Waals surface area contributed by atoms with Gasteiger partial charge in [-0.15, -0.1) is 0 Å². The highest BCUT2D eigenvalue weighted by Gasteiger charge is 2.57. The first-order chi connectivity index (χ1) is 15.8. The number of aryl methyl sites for hydroxylation is 1. The van der Waals surface area contributed by atoms with Crippen molar-refractivity contribution in [2.24, 2.45) is 17.3 Å². The summed E-state index contributed by atoms with van der Waals surface area (Å²) in [7, 11) is -11.9. The maximum Gasteiger partial charge on any atom is 0.523 e. The predicted octanol–water partition coefficient (Wildman–Crippen LogP) is 4.93. The minimum Gasteiger partial charge on any atom is -0.270 e. The Kier molecular flexibility index (Phi) is 10.2. The average Bonchev–Trinajstić information content (AvgIpc) is 3.11. The summed E-state index contributed by atoms with van der Waals surface area (Å²) in [4.78, 5) is 0. The Balaban J connectivity index is 0.000000464. The molecule has 0 aliphatic heterocycles. The van der Waals surface area contributed by atoms with Crippen molar-refractivity contribution < 1.29 is 51.5 Å². The Morgan fingerprint density at radius 3 is 1.63 bits per heavy atom. The Labute approximate surface area is 201 Å². The molecule has 8 nitrogen and oxygen atoms in total. The van der Waals surface area contributed by atoms with Crippen LogP contribution in [0, 0.1) is 24.2 Å². The summed E-state index contributed by atoms with van der Waals surface area (Å²) < 4.78 is 127. The fourth-order valence-electron chi connectivity index (χ4n) is 3.54. The van der Waals surface area contributed by atoms with Crippen LogP contribution in [0.4, 0.5) is 26.3 Å². The maximum absolute atomic E-state index is 12.3. The van der Waals surface area contributed by atoms with Gasteiger partial charge in [-0.1, -0.05) is 13.8 Å². The van der Waals surface area contributed by atoms with Gasteiger partial charge < -0.3 is 0 Å². The number of aromatic nitrogens is 2. The van der Waals surface area contributed by atoms with E-state index >= 15 is 0 Å². The van der Waals surface area contributed by atoms with E-state index in [1.54, 1.807) is 0 Å². The first-order valence-corrected chi connectivity index (χ1v) is 13.5. The number of nitrogens with zero attached hydrogens (tertiary/aromatic N) is 2. The monoisotopic (exact) mass is 560 g/mol. The molecule has 0 saturated heterocycles. The zero-order chi connectivity index (χ0) is 27.5. The van der Waals surface area contributed by atoms with Crippen molar-refractivity contribution in [2.45, 2.75) is 70.9 Å². The van der Waals surface area contributed by atoms with Gasteiger partial charge in [0, 0.05) is 17.7 Å². The fraction of sp³-hybridized carbons (Fsp3) is 0.842. The molecule has 0 amide bonds. The van der Waals surface area contributed by atoms with E-state index in [2.05, 4.69) is 27.3 Å². The van der Waals surface area contributed by atoms with E-state index in [4.69, 9.17) is 0 Å². The number of hydrogen-bond acceptors (Lipinski definition) is 7. The van der Waals surface area contributed by atoms with Crippen LogP contribution in [0.5, 0.6) is 0 Å². The summed E-state index contributed by atoms with van der Waals surface area (Å²) in [6.07, 6.45) is 2.75. The summed E-state index contributed by atoms with van der Waals surface area (Å²) >= 11 is 0. The number of rotatable bonds is 7. The SMILES string of the molecule is CC.Cc1ccn(C(C)C)n1.O=S(=O)(OCC1(COS(=O)(=O)C(F)(F)F)CC2CC2C1)C(F)(F)F. The third kappa shape index (κ3) is 8.60. The van der Waals surface area contributed by atoms with Crippen LogP contribution in [-0.2, 0) is 28.6 Å². The summed E-state index contributed by atoms with van der Waals surface area (Å²) in [6, 6.07) is 2.50. The molecule has 1 heterocycles. The molecule has 0 N–H and O–H groups in total. The van der Waals surface area contributed by atoms with Crippen LogP contribution in [0.1, 0.15) is 58.7 Å². The highest BCUT2D eigenvalue weighted by Crippen LogP contribution is 2.60. The molecule has 2 atom stereocenters. The van der Waals surface area contributed by atoms with E-state index in [0.717, 1.165) is 5.69 Å². The van der Waals surface area contributed by atoms with E-state index < -0.39 is 49.9 Å². The first kappa shape index (κ1) is 31.6.